The lowest BCUT2D eigenvalue weighted by Crippen LogP contribution is -2.49. The Balaban J connectivity index is 1.34. The average molecular weight is 428 g/mol. The molecule has 1 saturated heterocycles. The topological polar surface area (TPSA) is 82.3 Å². The van der Waals surface area contributed by atoms with Crippen LogP contribution >= 0.6 is 0 Å². The number of hydrogen-bond acceptors (Lipinski definition) is 5. The van der Waals surface area contributed by atoms with E-state index in [0.717, 1.165) is 44.9 Å². The SMILES string of the molecule is CCNC(=NCC(=O)N1CCN(c2ccccc2)CC1)NCCCOCc1ccco1. The van der Waals surface area contributed by atoms with E-state index >= 15 is 0 Å². The summed E-state index contributed by atoms with van der Waals surface area (Å²) in [7, 11) is 0. The molecule has 0 spiro atoms. The molecule has 8 heteroatoms. The molecule has 3 rings (SSSR count). The number of guanidine groups is 1. The van der Waals surface area contributed by atoms with Gasteiger partial charge >= 0.3 is 0 Å². The number of carbonyl (C=O) groups is 1. The molecule has 2 heterocycles. The van der Waals surface area contributed by atoms with Crippen LogP contribution in [0.25, 0.3) is 0 Å². The molecule has 1 amide bonds. The van der Waals surface area contributed by atoms with E-state index in [4.69, 9.17) is 9.15 Å². The fourth-order valence-corrected chi connectivity index (χ4v) is 3.39. The van der Waals surface area contributed by atoms with Crippen molar-refractivity contribution >= 4 is 17.6 Å². The molecule has 1 aliphatic rings. The number of ether oxygens (including phenoxy) is 1. The molecule has 2 aromatic rings. The Labute approximate surface area is 184 Å². The van der Waals surface area contributed by atoms with Crippen molar-refractivity contribution in [3.05, 3.63) is 54.5 Å². The molecule has 168 valence electrons. The first kappa shape index (κ1) is 22.7. The zero-order chi connectivity index (χ0) is 21.7. The third-order valence-corrected chi connectivity index (χ3v) is 5.05. The summed E-state index contributed by atoms with van der Waals surface area (Å²) in [5.41, 5.74) is 1.21. The molecule has 31 heavy (non-hydrogen) atoms. The van der Waals surface area contributed by atoms with Crippen molar-refractivity contribution < 1.29 is 13.9 Å². The number of rotatable bonds is 10. The van der Waals surface area contributed by atoms with E-state index in [2.05, 4.69) is 32.7 Å². The minimum Gasteiger partial charge on any atom is -0.467 e. The van der Waals surface area contributed by atoms with Gasteiger partial charge in [0.1, 0.15) is 18.9 Å². The molecule has 8 nitrogen and oxygen atoms in total. The van der Waals surface area contributed by atoms with Crippen LogP contribution in [0.15, 0.2) is 58.1 Å². The molecule has 0 radical (unpaired) electrons. The average Bonchev–Trinajstić information content (AvgIpc) is 3.33. The Morgan fingerprint density at radius 3 is 2.61 bits per heavy atom. The Hall–Kier alpha value is -3.00. The van der Waals surface area contributed by atoms with Gasteiger partial charge in [0.25, 0.3) is 0 Å². The maximum Gasteiger partial charge on any atom is 0.244 e. The predicted octanol–water partition coefficient (Wildman–Crippen LogP) is 2.09. The predicted molar refractivity (Wildman–Crippen MR) is 122 cm³/mol. The van der Waals surface area contributed by atoms with E-state index in [9.17, 15) is 4.79 Å². The lowest BCUT2D eigenvalue weighted by Gasteiger charge is -2.36. The second kappa shape index (κ2) is 12.6. The van der Waals surface area contributed by atoms with E-state index in [1.807, 2.05) is 42.2 Å². The highest BCUT2D eigenvalue weighted by Crippen LogP contribution is 2.15. The molecule has 0 aliphatic carbocycles. The molecule has 1 aromatic carbocycles. The first-order chi connectivity index (χ1) is 15.3. The molecule has 1 aliphatic heterocycles. The second-order valence-electron chi connectivity index (χ2n) is 7.31. The van der Waals surface area contributed by atoms with Crippen LogP contribution in [0, 0.1) is 0 Å². The summed E-state index contributed by atoms with van der Waals surface area (Å²) in [6.45, 7) is 7.85. The van der Waals surface area contributed by atoms with E-state index in [1.165, 1.54) is 5.69 Å². The van der Waals surface area contributed by atoms with Crippen LogP contribution in [0.1, 0.15) is 19.1 Å². The highest BCUT2D eigenvalue weighted by Gasteiger charge is 2.20. The number of amides is 1. The normalized spacial score (nSPS) is 14.5. The van der Waals surface area contributed by atoms with Gasteiger partial charge in [-0.15, -0.1) is 0 Å². The highest BCUT2D eigenvalue weighted by molar-refractivity contribution is 5.85. The van der Waals surface area contributed by atoms with Crippen LogP contribution in [0.4, 0.5) is 5.69 Å². The smallest absolute Gasteiger partial charge is 0.244 e. The van der Waals surface area contributed by atoms with Gasteiger partial charge in [-0.3, -0.25) is 4.79 Å². The number of benzene rings is 1. The van der Waals surface area contributed by atoms with Gasteiger partial charge in [-0.2, -0.15) is 0 Å². The quantitative estimate of drug-likeness (QED) is 0.343. The first-order valence-electron chi connectivity index (χ1n) is 11.0. The summed E-state index contributed by atoms with van der Waals surface area (Å²) >= 11 is 0. The Morgan fingerprint density at radius 2 is 1.90 bits per heavy atom. The molecule has 1 fully saturated rings. The number of aliphatic imine (C=N–C) groups is 1. The van der Waals surface area contributed by atoms with Crippen molar-refractivity contribution in [2.75, 3.05) is 57.3 Å². The van der Waals surface area contributed by atoms with Crippen molar-refractivity contribution in [3.8, 4) is 0 Å². The molecular formula is C23H33N5O3. The summed E-state index contributed by atoms with van der Waals surface area (Å²) in [6, 6.07) is 14.1. The van der Waals surface area contributed by atoms with Crippen LogP contribution in [-0.4, -0.2) is 69.2 Å². The Morgan fingerprint density at radius 1 is 1.10 bits per heavy atom. The van der Waals surface area contributed by atoms with Gasteiger partial charge in [0.15, 0.2) is 5.96 Å². The number of nitrogens with one attached hydrogen (secondary N) is 2. The highest BCUT2D eigenvalue weighted by atomic mass is 16.5. The zero-order valence-corrected chi connectivity index (χ0v) is 18.3. The molecule has 0 unspecified atom stereocenters. The van der Waals surface area contributed by atoms with Gasteiger partial charge in [-0.1, -0.05) is 18.2 Å². The van der Waals surface area contributed by atoms with Crippen LogP contribution < -0.4 is 15.5 Å². The second-order valence-corrected chi connectivity index (χ2v) is 7.31. The zero-order valence-electron chi connectivity index (χ0n) is 18.3. The van der Waals surface area contributed by atoms with Gasteiger partial charge in [-0.25, -0.2) is 4.99 Å². The fraction of sp³-hybridized carbons (Fsp3) is 0.478. The lowest BCUT2D eigenvalue weighted by molar-refractivity contribution is -0.129. The van der Waals surface area contributed by atoms with Crippen molar-refractivity contribution in [1.82, 2.24) is 15.5 Å². The summed E-state index contributed by atoms with van der Waals surface area (Å²) in [6.07, 6.45) is 2.48. The standard InChI is InChI=1S/C23H33N5O3/c1-2-24-23(25-11-7-16-30-19-21-10-6-17-31-21)26-18-22(29)28-14-12-27(13-15-28)20-8-4-3-5-9-20/h3-6,8-10,17H,2,7,11-16,18-19H2,1H3,(H2,24,25,26). The van der Waals surface area contributed by atoms with E-state index in [-0.39, 0.29) is 12.5 Å². The van der Waals surface area contributed by atoms with Crippen LogP contribution in [0.2, 0.25) is 0 Å². The van der Waals surface area contributed by atoms with Gasteiger partial charge in [-0.05, 0) is 37.6 Å². The van der Waals surface area contributed by atoms with Crippen molar-refractivity contribution in [2.45, 2.75) is 20.0 Å². The summed E-state index contributed by atoms with van der Waals surface area (Å²) < 4.78 is 10.8. The van der Waals surface area contributed by atoms with Crippen molar-refractivity contribution in [1.29, 1.82) is 0 Å². The Kier molecular flexibility index (Phi) is 9.25. The van der Waals surface area contributed by atoms with Gasteiger partial charge in [0.2, 0.25) is 5.91 Å². The van der Waals surface area contributed by atoms with Crippen LogP contribution in [0.5, 0.6) is 0 Å². The van der Waals surface area contributed by atoms with E-state index in [1.54, 1.807) is 6.26 Å². The van der Waals surface area contributed by atoms with Crippen LogP contribution in [0.3, 0.4) is 0 Å². The maximum atomic E-state index is 12.6. The number of hydrogen-bond donors (Lipinski definition) is 2. The fourth-order valence-electron chi connectivity index (χ4n) is 3.39. The molecule has 0 saturated carbocycles. The number of furan rings is 1. The van der Waals surface area contributed by atoms with Gasteiger partial charge in [0, 0.05) is 51.6 Å². The number of piperazine rings is 1. The van der Waals surface area contributed by atoms with Crippen molar-refractivity contribution in [3.63, 3.8) is 0 Å². The number of nitrogens with zero attached hydrogens (tertiary/aromatic N) is 3. The Bertz CT molecular complexity index is 787. The minimum atomic E-state index is 0.0618. The van der Waals surface area contributed by atoms with E-state index < -0.39 is 0 Å². The van der Waals surface area contributed by atoms with Crippen molar-refractivity contribution in [2.24, 2.45) is 4.99 Å². The summed E-state index contributed by atoms with van der Waals surface area (Å²) in [5.74, 6) is 1.54. The maximum absolute atomic E-state index is 12.6. The molecule has 2 N–H and O–H groups in total. The van der Waals surface area contributed by atoms with Crippen LogP contribution in [-0.2, 0) is 16.1 Å². The minimum absolute atomic E-state index is 0.0618. The van der Waals surface area contributed by atoms with E-state index in [0.29, 0.717) is 25.7 Å². The monoisotopic (exact) mass is 427 g/mol. The molecule has 0 atom stereocenters. The summed E-state index contributed by atoms with van der Waals surface area (Å²) in [4.78, 5) is 21.3. The number of carbonyl (C=O) groups excluding carboxylic acids is 1. The summed E-state index contributed by atoms with van der Waals surface area (Å²) in [5, 5.41) is 6.44. The third-order valence-electron chi connectivity index (χ3n) is 5.05. The number of anilines is 1. The van der Waals surface area contributed by atoms with Gasteiger partial charge < -0.3 is 29.6 Å². The molecular weight excluding hydrogens is 394 g/mol. The number of para-hydroxylation sites is 1. The largest absolute Gasteiger partial charge is 0.467 e. The molecule has 1 aromatic heterocycles. The third kappa shape index (κ3) is 7.64. The van der Waals surface area contributed by atoms with Gasteiger partial charge in [0.05, 0.1) is 6.26 Å². The molecule has 0 bridgehead atoms. The lowest BCUT2D eigenvalue weighted by atomic mass is 10.2. The first-order valence-corrected chi connectivity index (χ1v) is 11.0.